The van der Waals surface area contributed by atoms with Crippen molar-refractivity contribution < 1.29 is 18.7 Å². The van der Waals surface area contributed by atoms with Crippen LogP contribution in [0, 0.1) is 31.0 Å². The van der Waals surface area contributed by atoms with Crippen LogP contribution in [0.3, 0.4) is 0 Å². The molecule has 0 saturated heterocycles. The summed E-state index contributed by atoms with van der Waals surface area (Å²) in [4.78, 5) is 38.1. The summed E-state index contributed by atoms with van der Waals surface area (Å²) in [7, 11) is 0. The summed E-state index contributed by atoms with van der Waals surface area (Å²) in [6.07, 6.45) is 2.87. The Morgan fingerprint density at radius 2 is 1.94 bits per heavy atom. The summed E-state index contributed by atoms with van der Waals surface area (Å²) in [5.41, 5.74) is 1.85. The minimum atomic E-state index is -0.666. The van der Waals surface area contributed by atoms with E-state index in [0.29, 0.717) is 18.7 Å². The van der Waals surface area contributed by atoms with Crippen LogP contribution in [-0.4, -0.2) is 22.9 Å². The quantitative estimate of drug-likeness (QED) is 0.459. The molecule has 0 radical (unpaired) electrons. The number of hydrogen-bond acceptors (Lipinski definition) is 5. The van der Waals surface area contributed by atoms with Crippen molar-refractivity contribution in [3.63, 3.8) is 0 Å². The van der Waals surface area contributed by atoms with Crippen LogP contribution in [0.15, 0.2) is 53.5 Å². The van der Waals surface area contributed by atoms with Crippen LogP contribution < -0.4 is 15.6 Å². The number of rotatable bonds is 9. The zero-order chi connectivity index (χ0) is 25.5. The van der Waals surface area contributed by atoms with Gasteiger partial charge < -0.3 is 14.6 Å². The monoisotopic (exact) mass is 475 g/mol. The predicted molar refractivity (Wildman–Crippen MR) is 130 cm³/mol. The Kier molecular flexibility index (Phi) is 8.16. The third-order valence-electron chi connectivity index (χ3n) is 5.64. The maximum absolute atomic E-state index is 14.1. The Labute approximate surface area is 202 Å². The number of halogens is 1. The van der Waals surface area contributed by atoms with Gasteiger partial charge in [0.1, 0.15) is 23.2 Å². The highest BCUT2D eigenvalue weighted by molar-refractivity contribution is 6.10. The Bertz CT molecular complexity index is 1370. The van der Waals surface area contributed by atoms with E-state index >= 15 is 0 Å². The van der Waals surface area contributed by atoms with Crippen molar-refractivity contribution in [3.05, 3.63) is 92.6 Å². The fourth-order valence-electron chi connectivity index (χ4n) is 3.51. The molecular formula is C27H26FN3O4. The van der Waals surface area contributed by atoms with Gasteiger partial charge in [0.15, 0.2) is 12.4 Å². The number of aromatic nitrogens is 1. The fraction of sp³-hybridized carbons (Fsp3) is 0.259. The molecule has 1 amide bonds. The van der Waals surface area contributed by atoms with Crippen molar-refractivity contribution in [3.8, 4) is 11.8 Å². The molecule has 0 aliphatic heterocycles. The molecule has 3 aromatic rings. The van der Waals surface area contributed by atoms with Gasteiger partial charge in [0.25, 0.3) is 11.5 Å². The summed E-state index contributed by atoms with van der Waals surface area (Å²) in [6, 6.07) is 11.9. The average Bonchev–Trinajstić information content (AvgIpc) is 2.85. The van der Waals surface area contributed by atoms with E-state index < -0.39 is 29.7 Å². The molecule has 2 aromatic carbocycles. The molecule has 180 valence electrons. The van der Waals surface area contributed by atoms with Crippen LogP contribution in [0.5, 0.6) is 5.75 Å². The van der Waals surface area contributed by atoms with E-state index in [1.54, 1.807) is 6.07 Å². The molecule has 0 aliphatic rings. The molecule has 0 spiro atoms. The largest absolute Gasteiger partial charge is 0.483 e. The number of nitrogens with one attached hydrogen (secondary N) is 1. The second-order valence-electron chi connectivity index (χ2n) is 8.16. The number of nitrogens with zero attached hydrogens (tertiary/aromatic N) is 2. The lowest BCUT2D eigenvalue weighted by molar-refractivity contribution is -0.118. The summed E-state index contributed by atoms with van der Waals surface area (Å²) in [5, 5.41) is 12.1. The van der Waals surface area contributed by atoms with Crippen molar-refractivity contribution >= 4 is 17.4 Å². The highest BCUT2D eigenvalue weighted by Crippen LogP contribution is 2.24. The van der Waals surface area contributed by atoms with Gasteiger partial charge in [-0.2, -0.15) is 5.26 Å². The average molecular weight is 476 g/mol. The number of pyridine rings is 1. The maximum atomic E-state index is 14.1. The summed E-state index contributed by atoms with van der Waals surface area (Å²) < 4.78 is 20.9. The molecule has 7 nitrogen and oxygen atoms in total. The van der Waals surface area contributed by atoms with Crippen molar-refractivity contribution in [1.82, 2.24) is 4.57 Å². The molecule has 35 heavy (non-hydrogen) atoms. The van der Waals surface area contributed by atoms with E-state index in [9.17, 15) is 24.0 Å². The number of amides is 1. The first kappa shape index (κ1) is 25.4. The van der Waals surface area contributed by atoms with Gasteiger partial charge in [0, 0.05) is 24.0 Å². The fourth-order valence-corrected chi connectivity index (χ4v) is 3.51. The second-order valence-corrected chi connectivity index (χ2v) is 8.16. The number of hydrogen-bond donors (Lipinski definition) is 1. The van der Waals surface area contributed by atoms with Gasteiger partial charge in [-0.05, 0) is 61.7 Å². The van der Waals surface area contributed by atoms with E-state index in [1.807, 2.05) is 39.0 Å². The molecule has 0 saturated carbocycles. The first-order valence-electron chi connectivity index (χ1n) is 11.2. The maximum Gasteiger partial charge on any atom is 0.268 e. The first-order valence-corrected chi connectivity index (χ1v) is 11.2. The van der Waals surface area contributed by atoms with Crippen molar-refractivity contribution in [2.45, 2.75) is 40.2 Å². The van der Waals surface area contributed by atoms with Gasteiger partial charge in [-0.15, -0.1) is 0 Å². The SMILES string of the molecule is CCCCn1cc(C(=O)c2cc(F)ccc2OCC(=O)Nc2cccc(C)c2C)cc(C#N)c1=O. The van der Waals surface area contributed by atoms with Crippen LogP contribution in [0.2, 0.25) is 0 Å². The number of ether oxygens (including phenoxy) is 1. The van der Waals surface area contributed by atoms with Crippen LogP contribution in [0.25, 0.3) is 0 Å². The number of benzene rings is 2. The summed E-state index contributed by atoms with van der Waals surface area (Å²) in [5.74, 6) is -1.73. The number of carbonyl (C=O) groups excluding carboxylic acids is 2. The van der Waals surface area contributed by atoms with Gasteiger partial charge in [-0.1, -0.05) is 25.5 Å². The van der Waals surface area contributed by atoms with E-state index in [2.05, 4.69) is 5.32 Å². The molecule has 3 rings (SSSR count). The van der Waals surface area contributed by atoms with E-state index in [-0.39, 0.29) is 22.4 Å². The summed E-state index contributed by atoms with van der Waals surface area (Å²) >= 11 is 0. The second kappa shape index (κ2) is 11.3. The molecule has 0 bridgehead atoms. The van der Waals surface area contributed by atoms with Gasteiger partial charge in [0.2, 0.25) is 0 Å². The van der Waals surface area contributed by atoms with Crippen molar-refractivity contribution in [2.75, 3.05) is 11.9 Å². The Morgan fingerprint density at radius 1 is 1.17 bits per heavy atom. The van der Waals surface area contributed by atoms with Crippen LogP contribution in [-0.2, 0) is 11.3 Å². The van der Waals surface area contributed by atoms with Crippen molar-refractivity contribution in [2.24, 2.45) is 0 Å². The van der Waals surface area contributed by atoms with E-state index in [0.717, 1.165) is 29.7 Å². The number of anilines is 1. The predicted octanol–water partition coefficient (Wildman–Crippen LogP) is 4.52. The van der Waals surface area contributed by atoms with Gasteiger partial charge >= 0.3 is 0 Å². The topological polar surface area (TPSA) is 101 Å². The first-order chi connectivity index (χ1) is 16.7. The highest BCUT2D eigenvalue weighted by Gasteiger charge is 2.20. The van der Waals surface area contributed by atoms with Gasteiger partial charge in [-0.25, -0.2) is 4.39 Å². The van der Waals surface area contributed by atoms with E-state index in [4.69, 9.17) is 4.74 Å². The Hall–Kier alpha value is -4.25. The van der Waals surface area contributed by atoms with Crippen LogP contribution in [0.1, 0.15) is 52.4 Å². The van der Waals surface area contributed by atoms with Gasteiger partial charge in [0.05, 0.1) is 5.56 Å². The molecule has 0 atom stereocenters. The molecule has 0 unspecified atom stereocenters. The summed E-state index contributed by atoms with van der Waals surface area (Å²) in [6.45, 7) is 5.71. The number of aryl methyl sites for hydroxylation is 2. The number of carbonyl (C=O) groups is 2. The normalized spacial score (nSPS) is 10.5. The molecular weight excluding hydrogens is 449 g/mol. The molecule has 0 aliphatic carbocycles. The Balaban J connectivity index is 1.86. The minimum Gasteiger partial charge on any atom is -0.483 e. The molecule has 0 fully saturated rings. The molecule has 1 aromatic heterocycles. The van der Waals surface area contributed by atoms with E-state index in [1.165, 1.54) is 22.9 Å². The minimum absolute atomic E-state index is 0.0114. The zero-order valence-electron chi connectivity index (χ0n) is 19.9. The molecule has 1 N–H and O–H groups in total. The zero-order valence-corrected chi connectivity index (χ0v) is 19.9. The lowest BCUT2D eigenvalue weighted by Crippen LogP contribution is -2.24. The van der Waals surface area contributed by atoms with Gasteiger partial charge in [-0.3, -0.25) is 14.4 Å². The lowest BCUT2D eigenvalue weighted by atomic mass is 10.0. The number of nitriles is 1. The Morgan fingerprint density at radius 3 is 2.66 bits per heavy atom. The number of unbranched alkanes of at least 4 members (excludes halogenated alkanes) is 1. The number of ketones is 1. The molecule has 1 heterocycles. The highest BCUT2D eigenvalue weighted by atomic mass is 19.1. The smallest absolute Gasteiger partial charge is 0.268 e. The standard InChI is InChI=1S/C27H26FN3O4/c1-4-5-11-31-15-20(12-19(14-29)27(31)34)26(33)22-13-21(28)9-10-24(22)35-16-25(32)30-23-8-6-7-17(2)18(23)3/h6-10,12-13,15H,4-5,11,16H2,1-3H3,(H,30,32). The third-order valence-corrected chi connectivity index (χ3v) is 5.64. The third kappa shape index (κ3) is 6.01. The molecule has 8 heteroatoms. The van der Waals surface area contributed by atoms with Crippen LogP contribution >= 0.6 is 0 Å². The van der Waals surface area contributed by atoms with Crippen molar-refractivity contribution in [1.29, 1.82) is 5.26 Å². The lowest BCUT2D eigenvalue weighted by Gasteiger charge is -2.14. The van der Waals surface area contributed by atoms with Crippen LogP contribution in [0.4, 0.5) is 10.1 Å².